The molecule has 0 aliphatic carbocycles. The molecule has 6 heterocycles. The number of anilines is 2. The van der Waals surface area contributed by atoms with Crippen molar-refractivity contribution in [2.24, 2.45) is 0 Å². The van der Waals surface area contributed by atoms with Gasteiger partial charge in [0.15, 0.2) is 6.10 Å². The Balaban J connectivity index is 1.15. The average Bonchev–Trinajstić information content (AvgIpc) is 3.37. The minimum absolute atomic E-state index is 0.0887. The zero-order chi connectivity index (χ0) is 45.7. The second kappa shape index (κ2) is 22.2. The van der Waals surface area contributed by atoms with Gasteiger partial charge < -0.3 is 39.0 Å². The van der Waals surface area contributed by atoms with Crippen molar-refractivity contribution in [1.29, 1.82) is 0 Å². The van der Waals surface area contributed by atoms with Gasteiger partial charge in [0.05, 0.1) is 6.10 Å². The fraction of sp³-hybridized carbons (Fsp3) is 0.360. The number of halogens is 2. The number of hydrogen-bond donors (Lipinski definition) is 2. The summed E-state index contributed by atoms with van der Waals surface area (Å²) in [5, 5.41) is 24.9. The molecule has 3 unspecified atom stereocenters. The van der Waals surface area contributed by atoms with Crippen LogP contribution < -0.4 is 28.7 Å². The minimum atomic E-state index is -1.40. The van der Waals surface area contributed by atoms with Gasteiger partial charge in [-0.15, -0.1) is 0 Å². The van der Waals surface area contributed by atoms with Gasteiger partial charge in [0.2, 0.25) is 0 Å². The third-order valence-electron chi connectivity index (χ3n) is 12.0. The molecule has 2 aromatic carbocycles. The fourth-order valence-electron chi connectivity index (χ4n) is 8.98. The molecule has 346 valence electrons. The van der Waals surface area contributed by atoms with Crippen molar-refractivity contribution in [1.82, 2.24) is 29.7 Å². The smallest absolute Gasteiger partial charge is 0.269 e. The van der Waals surface area contributed by atoms with E-state index in [9.17, 15) is 19.0 Å². The summed E-state index contributed by atoms with van der Waals surface area (Å²) < 4.78 is 50.2. The molecule has 0 spiro atoms. The highest BCUT2D eigenvalue weighted by atomic mass is 19.1. The Kier molecular flexibility index (Phi) is 15.5. The summed E-state index contributed by atoms with van der Waals surface area (Å²) in [5.74, 6) is 3.34. The lowest BCUT2D eigenvalue weighted by atomic mass is 9.89. The minimum Gasteiger partial charge on any atom is -0.491 e. The molecular weight excluding hydrogens is 847 g/mol. The Labute approximate surface area is 384 Å². The van der Waals surface area contributed by atoms with Crippen molar-refractivity contribution in [3.8, 4) is 45.3 Å². The summed E-state index contributed by atoms with van der Waals surface area (Å²) in [7, 11) is 0. The summed E-state index contributed by atoms with van der Waals surface area (Å²) in [4.78, 5) is 27.3. The molecule has 0 saturated carbocycles. The van der Waals surface area contributed by atoms with E-state index in [2.05, 4.69) is 35.6 Å². The summed E-state index contributed by atoms with van der Waals surface area (Å²) in [6.45, 7) is 4.54. The van der Waals surface area contributed by atoms with Gasteiger partial charge in [-0.25, -0.2) is 18.7 Å². The maximum atomic E-state index is 13.3. The maximum Gasteiger partial charge on any atom is 0.269 e. The number of rotatable bonds is 20. The van der Waals surface area contributed by atoms with E-state index < -0.39 is 37.5 Å². The van der Waals surface area contributed by atoms with E-state index in [1.807, 2.05) is 48.7 Å². The molecule has 14 nitrogen and oxygen atoms in total. The molecule has 0 amide bonds. The van der Waals surface area contributed by atoms with Crippen LogP contribution in [0.5, 0.6) is 23.0 Å². The second-order valence-corrected chi connectivity index (χ2v) is 16.2. The molecule has 2 aliphatic rings. The third kappa shape index (κ3) is 10.8. The number of nitrogens with zero attached hydrogens (tertiary/aromatic N) is 8. The van der Waals surface area contributed by atoms with Crippen LogP contribution in [0.15, 0.2) is 134 Å². The number of ether oxygens (including phenoxy) is 4. The van der Waals surface area contributed by atoms with E-state index >= 15 is 0 Å². The Hall–Kier alpha value is -6.46. The summed E-state index contributed by atoms with van der Waals surface area (Å²) >= 11 is 0. The highest BCUT2D eigenvalue weighted by molar-refractivity contribution is 5.76. The third-order valence-corrected chi connectivity index (χ3v) is 12.0. The van der Waals surface area contributed by atoms with Crippen molar-refractivity contribution in [3.63, 3.8) is 0 Å². The Morgan fingerprint density at radius 1 is 0.561 bits per heavy atom. The lowest BCUT2D eigenvalue weighted by molar-refractivity contribution is -0.214. The van der Waals surface area contributed by atoms with Crippen LogP contribution in [0.25, 0.3) is 22.3 Å². The van der Waals surface area contributed by atoms with Gasteiger partial charge in [-0.1, -0.05) is 6.07 Å². The van der Waals surface area contributed by atoms with E-state index in [0.717, 1.165) is 33.9 Å². The second-order valence-electron chi connectivity index (χ2n) is 16.2. The molecule has 2 fully saturated rings. The van der Waals surface area contributed by atoms with Crippen LogP contribution in [0, 0.1) is 0 Å². The van der Waals surface area contributed by atoms with E-state index in [-0.39, 0.29) is 19.6 Å². The van der Waals surface area contributed by atoms with Crippen LogP contribution in [0.1, 0.15) is 13.3 Å². The van der Waals surface area contributed by atoms with E-state index in [0.29, 0.717) is 75.4 Å². The topological polar surface area (TPSA) is 142 Å². The quantitative estimate of drug-likeness (QED) is 0.0800. The van der Waals surface area contributed by atoms with Crippen molar-refractivity contribution in [3.05, 3.63) is 134 Å². The van der Waals surface area contributed by atoms with Crippen LogP contribution in [0.3, 0.4) is 0 Å². The van der Waals surface area contributed by atoms with Crippen LogP contribution in [-0.2, 0) is 0 Å². The first-order valence-corrected chi connectivity index (χ1v) is 22.3. The normalized spacial score (nSPS) is 16.6. The molecule has 8 rings (SSSR count). The SMILES string of the molecule is CC(O)CC(C(O)C(Oc1ccc(OCCF)cc1)Oc1ccc(OCCF)cc1)(N1CCN(c2ncccc2-c2ccncc2)CC1)N1CCN(c2ncccc2-c2cccnc2)CC1. The van der Waals surface area contributed by atoms with Crippen LogP contribution >= 0.6 is 0 Å². The standard InChI is InChI=1S/C50H56F2N8O6/c1-37(61)35-50(59-29-25-57(26-30-59)47-44(6-3-21-55-47)38-16-23-53-24-17-38,60-31-27-58(28-32-60)48-45(7-4-22-56-48)39-5-2-20-54-36-39)46(62)49(65-42-12-8-40(9-13-42)63-33-18-51)66-43-14-10-41(11-15-43)64-34-19-52/h2-17,20-24,36-37,46,49,61-62H,18-19,25-35H2,1H3. The number of aromatic nitrogens is 4. The van der Waals surface area contributed by atoms with Crippen molar-refractivity contribution < 1.29 is 37.9 Å². The first-order valence-electron chi connectivity index (χ1n) is 22.3. The van der Waals surface area contributed by atoms with Gasteiger partial charge in [0.1, 0.15) is 66.9 Å². The first kappa shape index (κ1) is 46.1. The predicted octanol–water partition coefficient (Wildman–Crippen LogP) is 6.55. The Bertz CT molecular complexity index is 2240. The van der Waals surface area contributed by atoms with Crippen LogP contribution in [0.2, 0.25) is 0 Å². The molecule has 2 saturated heterocycles. The zero-order valence-electron chi connectivity index (χ0n) is 37.0. The Morgan fingerprint density at radius 3 is 1.48 bits per heavy atom. The molecule has 3 atom stereocenters. The number of benzene rings is 2. The molecular formula is C50H56F2N8O6. The van der Waals surface area contributed by atoms with E-state index in [1.54, 1.807) is 86.4 Å². The molecule has 2 aliphatic heterocycles. The van der Waals surface area contributed by atoms with Gasteiger partial charge in [0.25, 0.3) is 6.29 Å². The van der Waals surface area contributed by atoms with Crippen LogP contribution in [0.4, 0.5) is 20.4 Å². The molecule has 2 N–H and O–H groups in total. The number of pyridine rings is 4. The Morgan fingerprint density at radius 2 is 1.03 bits per heavy atom. The fourth-order valence-corrected chi connectivity index (χ4v) is 8.98. The summed E-state index contributed by atoms with van der Waals surface area (Å²) in [6.07, 6.45) is 7.25. The largest absolute Gasteiger partial charge is 0.491 e. The highest BCUT2D eigenvalue weighted by Crippen LogP contribution is 2.39. The zero-order valence-corrected chi connectivity index (χ0v) is 37.0. The molecule has 66 heavy (non-hydrogen) atoms. The van der Waals surface area contributed by atoms with E-state index in [4.69, 9.17) is 28.9 Å². The van der Waals surface area contributed by atoms with Crippen molar-refractivity contribution in [2.45, 2.75) is 37.5 Å². The first-order chi connectivity index (χ1) is 32.4. The monoisotopic (exact) mass is 902 g/mol. The van der Waals surface area contributed by atoms with Gasteiger partial charge in [-0.05, 0) is 103 Å². The molecule has 16 heteroatoms. The number of aliphatic hydroxyl groups excluding tert-OH is 2. The van der Waals surface area contributed by atoms with Gasteiger partial charge in [0, 0.05) is 113 Å². The number of piperazine rings is 2. The van der Waals surface area contributed by atoms with Gasteiger partial charge in [-0.3, -0.25) is 19.8 Å². The predicted molar refractivity (Wildman–Crippen MR) is 248 cm³/mol. The number of alkyl halides is 2. The molecule has 6 aromatic rings. The maximum absolute atomic E-state index is 13.3. The van der Waals surface area contributed by atoms with Crippen LogP contribution in [-0.4, -0.2) is 143 Å². The summed E-state index contributed by atoms with van der Waals surface area (Å²) in [6, 6.07) is 29.2. The molecule has 4 aromatic heterocycles. The number of aliphatic hydroxyl groups is 2. The van der Waals surface area contributed by atoms with Crippen molar-refractivity contribution in [2.75, 3.05) is 88.7 Å². The lowest BCUT2D eigenvalue weighted by Gasteiger charge is -2.58. The van der Waals surface area contributed by atoms with E-state index in [1.165, 1.54) is 0 Å². The molecule has 0 bridgehead atoms. The lowest BCUT2D eigenvalue weighted by Crippen LogP contribution is -2.75. The average molecular weight is 903 g/mol. The molecule has 0 radical (unpaired) electrons. The van der Waals surface area contributed by atoms with Gasteiger partial charge in [-0.2, -0.15) is 0 Å². The van der Waals surface area contributed by atoms with Gasteiger partial charge >= 0.3 is 0 Å². The highest BCUT2D eigenvalue weighted by Gasteiger charge is 2.54. The summed E-state index contributed by atoms with van der Waals surface area (Å²) in [5.41, 5.74) is 2.67. The number of hydrogen-bond acceptors (Lipinski definition) is 14. The van der Waals surface area contributed by atoms with Crippen molar-refractivity contribution >= 4 is 11.6 Å².